The van der Waals surface area contributed by atoms with Crippen molar-refractivity contribution in [1.29, 1.82) is 0 Å². The van der Waals surface area contributed by atoms with Gasteiger partial charge in [0.15, 0.2) is 0 Å². The average Bonchev–Trinajstić information content (AvgIpc) is 2.04. The Bertz CT molecular complexity index is 241. The van der Waals surface area contributed by atoms with Gasteiger partial charge in [0.05, 0.1) is 12.1 Å². The molecule has 0 bridgehead atoms. The molecular formula is C10H15NO. The van der Waals surface area contributed by atoms with E-state index in [2.05, 4.69) is 0 Å². The molecule has 1 aromatic carbocycles. The second-order valence-electron chi connectivity index (χ2n) is 3.18. The third-order valence-electron chi connectivity index (χ3n) is 1.98. The SMILES string of the molecule is Cc1ccc(C(N)C(C)O)cc1. The molecule has 2 nitrogen and oxygen atoms in total. The molecule has 2 unspecified atom stereocenters. The lowest BCUT2D eigenvalue weighted by Crippen LogP contribution is -2.22. The van der Waals surface area contributed by atoms with E-state index in [9.17, 15) is 5.11 Å². The number of aliphatic hydroxyl groups excluding tert-OH is 1. The number of nitrogens with two attached hydrogens (primary N) is 1. The number of aliphatic hydroxyl groups is 1. The Morgan fingerprint density at radius 2 is 1.75 bits per heavy atom. The molecule has 0 fully saturated rings. The minimum atomic E-state index is -0.493. The summed E-state index contributed by atoms with van der Waals surface area (Å²) in [7, 11) is 0. The summed E-state index contributed by atoms with van der Waals surface area (Å²) in [6, 6.07) is 7.62. The molecule has 0 aliphatic carbocycles. The summed E-state index contributed by atoms with van der Waals surface area (Å²) in [5.74, 6) is 0. The number of aryl methyl sites for hydroxylation is 1. The summed E-state index contributed by atoms with van der Waals surface area (Å²) in [4.78, 5) is 0. The summed E-state index contributed by atoms with van der Waals surface area (Å²) in [5, 5.41) is 9.22. The first-order valence-electron chi connectivity index (χ1n) is 4.11. The van der Waals surface area contributed by atoms with Crippen LogP contribution in [-0.2, 0) is 0 Å². The van der Waals surface area contributed by atoms with Gasteiger partial charge in [-0.3, -0.25) is 0 Å². The van der Waals surface area contributed by atoms with Gasteiger partial charge in [-0.25, -0.2) is 0 Å². The first kappa shape index (κ1) is 9.23. The third-order valence-corrected chi connectivity index (χ3v) is 1.98. The van der Waals surface area contributed by atoms with Crippen molar-refractivity contribution < 1.29 is 5.11 Å². The van der Waals surface area contributed by atoms with Gasteiger partial charge in [0.2, 0.25) is 0 Å². The standard InChI is InChI=1S/C10H15NO/c1-7-3-5-9(6-4-7)10(11)8(2)12/h3-6,8,10,12H,11H2,1-2H3. The Balaban J connectivity index is 2.82. The summed E-state index contributed by atoms with van der Waals surface area (Å²) in [6.45, 7) is 3.72. The molecule has 0 radical (unpaired) electrons. The van der Waals surface area contributed by atoms with Gasteiger partial charge in [0.1, 0.15) is 0 Å². The number of benzene rings is 1. The number of hydrogen-bond acceptors (Lipinski definition) is 2. The van der Waals surface area contributed by atoms with Gasteiger partial charge < -0.3 is 10.8 Å². The summed E-state index contributed by atoms with van der Waals surface area (Å²) < 4.78 is 0. The largest absolute Gasteiger partial charge is 0.391 e. The zero-order chi connectivity index (χ0) is 9.14. The molecule has 0 aliphatic heterocycles. The van der Waals surface area contributed by atoms with E-state index < -0.39 is 6.10 Å². The molecule has 0 saturated carbocycles. The highest BCUT2D eigenvalue weighted by Gasteiger charge is 2.10. The first-order chi connectivity index (χ1) is 5.61. The second kappa shape index (κ2) is 3.70. The second-order valence-corrected chi connectivity index (χ2v) is 3.18. The lowest BCUT2D eigenvalue weighted by molar-refractivity contribution is 0.164. The van der Waals surface area contributed by atoms with Gasteiger partial charge in [-0.15, -0.1) is 0 Å². The Morgan fingerprint density at radius 3 is 2.17 bits per heavy atom. The van der Waals surface area contributed by atoms with E-state index >= 15 is 0 Å². The van der Waals surface area contributed by atoms with Crippen molar-refractivity contribution in [3.63, 3.8) is 0 Å². The maximum absolute atomic E-state index is 9.22. The molecule has 3 N–H and O–H groups in total. The first-order valence-corrected chi connectivity index (χ1v) is 4.11. The van der Waals surface area contributed by atoms with E-state index in [-0.39, 0.29) is 6.04 Å². The quantitative estimate of drug-likeness (QED) is 0.695. The molecule has 0 aliphatic rings. The van der Waals surface area contributed by atoms with Crippen molar-refractivity contribution in [2.45, 2.75) is 26.0 Å². The zero-order valence-electron chi connectivity index (χ0n) is 7.49. The molecule has 0 heterocycles. The highest BCUT2D eigenvalue weighted by atomic mass is 16.3. The van der Waals surface area contributed by atoms with Crippen LogP contribution in [0.2, 0.25) is 0 Å². The molecule has 12 heavy (non-hydrogen) atoms. The summed E-state index contributed by atoms with van der Waals surface area (Å²) in [5.41, 5.74) is 7.93. The van der Waals surface area contributed by atoms with Gasteiger partial charge in [0.25, 0.3) is 0 Å². The summed E-state index contributed by atoms with van der Waals surface area (Å²) >= 11 is 0. The van der Waals surface area contributed by atoms with Crippen LogP contribution in [0, 0.1) is 6.92 Å². The van der Waals surface area contributed by atoms with E-state index in [1.54, 1.807) is 6.92 Å². The van der Waals surface area contributed by atoms with Crippen LogP contribution in [0.15, 0.2) is 24.3 Å². The third kappa shape index (κ3) is 2.06. The van der Waals surface area contributed by atoms with Gasteiger partial charge >= 0.3 is 0 Å². The smallest absolute Gasteiger partial charge is 0.0704 e. The van der Waals surface area contributed by atoms with Crippen molar-refractivity contribution in [2.24, 2.45) is 5.73 Å². The van der Waals surface area contributed by atoms with Crippen molar-refractivity contribution in [3.05, 3.63) is 35.4 Å². The predicted molar refractivity (Wildman–Crippen MR) is 49.8 cm³/mol. The predicted octanol–water partition coefficient (Wildman–Crippen LogP) is 1.38. The molecule has 0 aromatic heterocycles. The van der Waals surface area contributed by atoms with Crippen LogP contribution in [0.25, 0.3) is 0 Å². The van der Waals surface area contributed by atoms with Crippen molar-refractivity contribution in [1.82, 2.24) is 0 Å². The van der Waals surface area contributed by atoms with E-state index in [4.69, 9.17) is 5.73 Å². The highest BCUT2D eigenvalue weighted by molar-refractivity contribution is 5.24. The van der Waals surface area contributed by atoms with Crippen LogP contribution < -0.4 is 5.73 Å². The molecule has 2 atom stereocenters. The average molecular weight is 165 g/mol. The van der Waals surface area contributed by atoms with E-state index in [1.165, 1.54) is 5.56 Å². The Kier molecular flexibility index (Phi) is 2.84. The van der Waals surface area contributed by atoms with Crippen LogP contribution in [-0.4, -0.2) is 11.2 Å². The normalized spacial score (nSPS) is 15.7. The molecule has 2 heteroatoms. The summed E-state index contributed by atoms with van der Waals surface area (Å²) in [6.07, 6.45) is -0.493. The fourth-order valence-corrected chi connectivity index (χ4v) is 1.07. The van der Waals surface area contributed by atoms with Gasteiger partial charge in [-0.2, -0.15) is 0 Å². The molecule has 0 saturated heterocycles. The Morgan fingerprint density at radius 1 is 1.25 bits per heavy atom. The van der Waals surface area contributed by atoms with Crippen molar-refractivity contribution >= 4 is 0 Å². The van der Waals surface area contributed by atoms with E-state index in [1.807, 2.05) is 31.2 Å². The lowest BCUT2D eigenvalue weighted by Gasteiger charge is -2.14. The van der Waals surface area contributed by atoms with Gasteiger partial charge in [0, 0.05) is 0 Å². The molecule has 66 valence electrons. The fraction of sp³-hybridized carbons (Fsp3) is 0.400. The molecule has 1 aromatic rings. The lowest BCUT2D eigenvalue weighted by atomic mass is 10.0. The molecule has 0 spiro atoms. The van der Waals surface area contributed by atoms with Crippen LogP contribution in [0.3, 0.4) is 0 Å². The maximum atomic E-state index is 9.22. The minimum Gasteiger partial charge on any atom is -0.391 e. The monoisotopic (exact) mass is 165 g/mol. The van der Waals surface area contributed by atoms with Gasteiger partial charge in [-0.1, -0.05) is 29.8 Å². The highest BCUT2D eigenvalue weighted by Crippen LogP contribution is 2.14. The molecule has 0 amide bonds. The minimum absolute atomic E-state index is 0.273. The van der Waals surface area contributed by atoms with Crippen LogP contribution in [0.5, 0.6) is 0 Å². The number of rotatable bonds is 2. The Hall–Kier alpha value is -0.860. The van der Waals surface area contributed by atoms with Crippen molar-refractivity contribution in [3.8, 4) is 0 Å². The van der Waals surface area contributed by atoms with Crippen LogP contribution in [0.1, 0.15) is 24.1 Å². The van der Waals surface area contributed by atoms with Crippen LogP contribution >= 0.6 is 0 Å². The Labute approximate surface area is 73.0 Å². The fourth-order valence-electron chi connectivity index (χ4n) is 1.07. The van der Waals surface area contributed by atoms with Crippen molar-refractivity contribution in [2.75, 3.05) is 0 Å². The molecule has 1 rings (SSSR count). The van der Waals surface area contributed by atoms with E-state index in [0.29, 0.717) is 0 Å². The van der Waals surface area contributed by atoms with Crippen LogP contribution in [0.4, 0.5) is 0 Å². The topological polar surface area (TPSA) is 46.2 Å². The maximum Gasteiger partial charge on any atom is 0.0704 e. The zero-order valence-corrected chi connectivity index (χ0v) is 7.49. The van der Waals surface area contributed by atoms with E-state index in [0.717, 1.165) is 5.56 Å². The molecular weight excluding hydrogens is 150 g/mol. The number of hydrogen-bond donors (Lipinski definition) is 2. The van der Waals surface area contributed by atoms with Gasteiger partial charge in [-0.05, 0) is 19.4 Å².